The minimum Gasteiger partial charge on any atom is -0.310 e. The van der Waals surface area contributed by atoms with E-state index in [4.69, 9.17) is 0 Å². The number of fused-ring (bicyclic) bond motifs is 3. The molecule has 0 saturated heterocycles. The molecular formula is C50H47N3. The van der Waals surface area contributed by atoms with Gasteiger partial charge in [0.05, 0.1) is 11.0 Å². The summed E-state index contributed by atoms with van der Waals surface area (Å²) >= 11 is 0. The van der Waals surface area contributed by atoms with Crippen LogP contribution in [0, 0.1) is 13.8 Å². The Hall–Kier alpha value is -6.06. The third kappa shape index (κ3) is 6.60. The second-order valence-electron chi connectivity index (χ2n) is 14.9. The van der Waals surface area contributed by atoms with Gasteiger partial charge in [0.2, 0.25) is 0 Å². The molecule has 0 N–H and O–H groups in total. The van der Waals surface area contributed by atoms with Crippen LogP contribution in [0.1, 0.15) is 61.8 Å². The highest BCUT2D eigenvalue weighted by Crippen LogP contribution is 2.43. The fourth-order valence-corrected chi connectivity index (χ4v) is 7.60. The topological polar surface area (TPSA) is 11.4 Å². The van der Waals surface area contributed by atoms with Crippen molar-refractivity contribution in [2.75, 3.05) is 9.80 Å². The molecule has 0 radical (unpaired) electrons. The molecule has 0 saturated carbocycles. The molecule has 0 spiro atoms. The van der Waals surface area contributed by atoms with Crippen LogP contribution in [0.2, 0.25) is 0 Å². The zero-order chi connectivity index (χ0) is 36.6. The molecule has 0 aliphatic rings. The minimum atomic E-state index is 0.429. The van der Waals surface area contributed by atoms with Crippen molar-refractivity contribution >= 4 is 55.9 Å². The predicted octanol–water partition coefficient (Wildman–Crippen LogP) is 14.6. The van der Waals surface area contributed by atoms with Crippen molar-refractivity contribution in [3.8, 4) is 5.69 Å². The number of nitrogens with zero attached hydrogens (tertiary/aromatic N) is 3. The van der Waals surface area contributed by atoms with Crippen LogP contribution in [0.15, 0.2) is 164 Å². The first-order valence-electron chi connectivity index (χ1n) is 18.8. The lowest BCUT2D eigenvalue weighted by molar-refractivity contribution is 0.866. The van der Waals surface area contributed by atoms with Crippen molar-refractivity contribution in [3.63, 3.8) is 0 Å². The summed E-state index contributed by atoms with van der Waals surface area (Å²) in [6, 6.07) is 60.3. The molecule has 3 heteroatoms. The van der Waals surface area contributed by atoms with E-state index in [1.807, 2.05) is 0 Å². The average molecular weight is 690 g/mol. The van der Waals surface area contributed by atoms with E-state index in [1.165, 1.54) is 44.1 Å². The lowest BCUT2D eigenvalue weighted by Crippen LogP contribution is -2.11. The van der Waals surface area contributed by atoms with E-state index in [0.717, 1.165) is 39.8 Å². The van der Waals surface area contributed by atoms with Gasteiger partial charge in [0.25, 0.3) is 0 Å². The van der Waals surface area contributed by atoms with Gasteiger partial charge in [0, 0.05) is 50.6 Å². The minimum absolute atomic E-state index is 0.429. The quantitative estimate of drug-likeness (QED) is 0.149. The van der Waals surface area contributed by atoms with E-state index in [1.54, 1.807) is 0 Å². The first-order chi connectivity index (χ1) is 25.7. The van der Waals surface area contributed by atoms with Crippen LogP contribution >= 0.6 is 0 Å². The molecule has 1 heterocycles. The Morgan fingerprint density at radius 3 is 1.19 bits per heavy atom. The highest BCUT2D eigenvalue weighted by Gasteiger charge is 2.21. The van der Waals surface area contributed by atoms with Crippen molar-refractivity contribution < 1.29 is 0 Å². The molecule has 8 aromatic rings. The molecule has 0 aliphatic heterocycles. The van der Waals surface area contributed by atoms with Gasteiger partial charge in [-0.3, -0.25) is 0 Å². The van der Waals surface area contributed by atoms with Gasteiger partial charge in [-0.15, -0.1) is 0 Å². The van der Waals surface area contributed by atoms with Crippen molar-refractivity contribution in [3.05, 3.63) is 186 Å². The maximum Gasteiger partial charge on any atom is 0.0561 e. The number of rotatable bonds is 9. The van der Waals surface area contributed by atoms with Gasteiger partial charge in [0.15, 0.2) is 0 Å². The van der Waals surface area contributed by atoms with Crippen LogP contribution in [-0.2, 0) is 0 Å². The summed E-state index contributed by atoms with van der Waals surface area (Å²) in [5, 5.41) is 2.45. The Labute approximate surface area is 314 Å². The van der Waals surface area contributed by atoms with E-state index in [9.17, 15) is 0 Å². The van der Waals surface area contributed by atoms with Crippen molar-refractivity contribution in [1.29, 1.82) is 0 Å². The van der Waals surface area contributed by atoms with Gasteiger partial charge in [-0.2, -0.15) is 0 Å². The first kappa shape index (κ1) is 34.0. The third-order valence-corrected chi connectivity index (χ3v) is 10.4. The van der Waals surface area contributed by atoms with Crippen LogP contribution in [0.25, 0.3) is 27.5 Å². The summed E-state index contributed by atoms with van der Waals surface area (Å²) in [7, 11) is 0. The van der Waals surface area contributed by atoms with E-state index < -0.39 is 0 Å². The van der Waals surface area contributed by atoms with E-state index >= 15 is 0 Å². The summed E-state index contributed by atoms with van der Waals surface area (Å²) in [5.41, 5.74) is 15.4. The Balaban J connectivity index is 1.38. The van der Waals surface area contributed by atoms with Gasteiger partial charge in [-0.05, 0) is 133 Å². The summed E-state index contributed by atoms with van der Waals surface area (Å²) in [4.78, 5) is 4.80. The number of aryl methyl sites for hydroxylation is 2. The summed E-state index contributed by atoms with van der Waals surface area (Å²) < 4.78 is 2.44. The number of hydrogen-bond acceptors (Lipinski definition) is 2. The number of aromatic nitrogens is 1. The van der Waals surface area contributed by atoms with Crippen molar-refractivity contribution in [2.45, 2.75) is 53.4 Å². The fraction of sp³-hybridized carbons (Fsp3) is 0.160. The number of para-hydroxylation sites is 1. The van der Waals surface area contributed by atoms with Gasteiger partial charge in [0.1, 0.15) is 0 Å². The molecule has 0 unspecified atom stereocenters. The zero-order valence-electron chi connectivity index (χ0n) is 31.6. The summed E-state index contributed by atoms with van der Waals surface area (Å²) in [5.74, 6) is 0.859. The lowest BCUT2D eigenvalue weighted by atomic mass is 10.0. The highest BCUT2D eigenvalue weighted by molar-refractivity contribution is 6.11. The molecule has 1 aromatic heterocycles. The molecule has 0 atom stereocenters. The summed E-state index contributed by atoms with van der Waals surface area (Å²) in [6.07, 6.45) is 0. The second kappa shape index (κ2) is 14.2. The van der Waals surface area contributed by atoms with Gasteiger partial charge in [-0.25, -0.2) is 0 Å². The Morgan fingerprint density at radius 1 is 0.377 bits per heavy atom. The lowest BCUT2D eigenvalue weighted by Gasteiger charge is -2.27. The van der Waals surface area contributed by atoms with Gasteiger partial charge < -0.3 is 14.4 Å². The standard InChI is InChI=1S/C50H47N3/c1-34(2)38-16-12-22-43(30-38)51(41-20-10-14-36(5)28-41)45-24-26-47-48-27-25-46(33-50(48)53(49(47)32-45)40-18-8-7-9-19-40)52(42-21-11-15-37(6)29-42)44-23-13-17-39(31-44)35(3)4/h7-35H,1-6H3. The molecule has 0 aliphatic carbocycles. The van der Waals surface area contributed by atoms with Crippen LogP contribution in [-0.4, -0.2) is 4.57 Å². The molecular weight excluding hydrogens is 643 g/mol. The monoisotopic (exact) mass is 689 g/mol. The SMILES string of the molecule is Cc1cccc(N(c2cccc(C(C)C)c2)c2ccc3c4ccc(N(c5cccc(C)c5)c5cccc(C(C)C)c5)cc4n(-c4ccccc4)c3c2)c1. The maximum absolute atomic E-state index is 2.44. The van der Waals surface area contributed by atoms with Crippen molar-refractivity contribution in [1.82, 2.24) is 4.57 Å². The Kier molecular flexibility index (Phi) is 9.10. The molecule has 3 nitrogen and oxygen atoms in total. The predicted molar refractivity (Wildman–Crippen MR) is 228 cm³/mol. The van der Waals surface area contributed by atoms with Crippen LogP contribution in [0.4, 0.5) is 34.1 Å². The Bertz CT molecular complexity index is 2400. The largest absolute Gasteiger partial charge is 0.310 e. The molecule has 0 bridgehead atoms. The van der Waals surface area contributed by atoms with Crippen LogP contribution in [0.5, 0.6) is 0 Å². The van der Waals surface area contributed by atoms with Crippen molar-refractivity contribution in [2.24, 2.45) is 0 Å². The summed E-state index contributed by atoms with van der Waals surface area (Å²) in [6.45, 7) is 13.4. The van der Waals surface area contributed by atoms with E-state index in [0.29, 0.717) is 11.8 Å². The first-order valence-corrected chi connectivity index (χ1v) is 18.8. The number of hydrogen-bond donors (Lipinski definition) is 0. The molecule has 53 heavy (non-hydrogen) atoms. The van der Waals surface area contributed by atoms with Gasteiger partial charge >= 0.3 is 0 Å². The second-order valence-corrected chi connectivity index (χ2v) is 14.9. The van der Waals surface area contributed by atoms with E-state index in [-0.39, 0.29) is 0 Å². The molecule has 0 amide bonds. The molecule has 7 aromatic carbocycles. The average Bonchev–Trinajstić information content (AvgIpc) is 3.49. The highest BCUT2D eigenvalue weighted by atomic mass is 15.2. The molecule has 8 rings (SSSR count). The molecule has 262 valence electrons. The Morgan fingerprint density at radius 2 is 0.774 bits per heavy atom. The van der Waals surface area contributed by atoms with Gasteiger partial charge in [-0.1, -0.05) is 107 Å². The smallest absolute Gasteiger partial charge is 0.0561 e. The third-order valence-electron chi connectivity index (χ3n) is 10.4. The number of benzene rings is 7. The van der Waals surface area contributed by atoms with Crippen LogP contribution < -0.4 is 9.80 Å². The number of anilines is 6. The fourth-order valence-electron chi connectivity index (χ4n) is 7.60. The van der Waals surface area contributed by atoms with E-state index in [2.05, 4.69) is 220 Å². The maximum atomic E-state index is 2.44. The zero-order valence-corrected chi connectivity index (χ0v) is 31.6. The molecule has 0 fully saturated rings. The van der Waals surface area contributed by atoms with Crippen LogP contribution in [0.3, 0.4) is 0 Å². The normalized spacial score (nSPS) is 11.5.